The van der Waals surface area contributed by atoms with E-state index in [1.165, 1.54) is 4.57 Å². The first kappa shape index (κ1) is 22.6. The number of aromatic nitrogens is 4. The number of imidazole rings is 1. The highest BCUT2D eigenvalue weighted by molar-refractivity contribution is 5.74. The van der Waals surface area contributed by atoms with Gasteiger partial charge in [-0.05, 0) is 36.5 Å². The second-order valence-corrected chi connectivity index (χ2v) is 8.11. The van der Waals surface area contributed by atoms with Gasteiger partial charge < -0.3 is 19.7 Å². The van der Waals surface area contributed by atoms with Crippen LogP contribution in [0.3, 0.4) is 0 Å². The van der Waals surface area contributed by atoms with Gasteiger partial charge in [0, 0.05) is 13.6 Å². The number of nitrogens with zero attached hydrogens (tertiary/aromatic N) is 3. The van der Waals surface area contributed by atoms with E-state index in [0.29, 0.717) is 24.2 Å². The summed E-state index contributed by atoms with van der Waals surface area (Å²) in [6.45, 7) is 7.11. The van der Waals surface area contributed by atoms with Gasteiger partial charge in [0.15, 0.2) is 11.2 Å². The Morgan fingerprint density at radius 2 is 2.06 bits per heavy atom. The lowest BCUT2D eigenvalue weighted by molar-refractivity contribution is 0.0938. The third kappa shape index (κ3) is 5.35. The zero-order chi connectivity index (χ0) is 22.5. The first-order chi connectivity index (χ1) is 14.8. The highest BCUT2D eigenvalue weighted by Gasteiger charge is 2.20. The van der Waals surface area contributed by atoms with E-state index in [0.717, 1.165) is 18.4 Å². The molecule has 0 fully saturated rings. The molecule has 0 saturated carbocycles. The summed E-state index contributed by atoms with van der Waals surface area (Å²) in [6, 6.07) is 7.73. The van der Waals surface area contributed by atoms with Gasteiger partial charge in [0.25, 0.3) is 5.56 Å². The molecule has 9 heteroatoms. The number of nitrogens with one attached hydrogen (secondary N) is 2. The van der Waals surface area contributed by atoms with Crippen LogP contribution < -0.4 is 21.3 Å². The van der Waals surface area contributed by atoms with Crippen molar-refractivity contribution in [3.63, 3.8) is 0 Å². The summed E-state index contributed by atoms with van der Waals surface area (Å²) in [5, 5.41) is 13.9. The van der Waals surface area contributed by atoms with E-state index < -0.39 is 17.4 Å². The number of aliphatic hydroxyl groups excluding tert-OH is 1. The molecular weight excluding hydrogens is 398 g/mol. The molecule has 9 nitrogen and oxygen atoms in total. The lowest BCUT2D eigenvalue weighted by atomic mass is 10.1. The van der Waals surface area contributed by atoms with E-state index in [4.69, 9.17) is 4.74 Å². The van der Waals surface area contributed by atoms with Gasteiger partial charge in [-0.1, -0.05) is 32.9 Å². The fraction of sp³-hybridized carbons (Fsp3) is 0.500. The average Bonchev–Trinajstić information content (AvgIpc) is 3.09. The molecule has 168 valence electrons. The number of hydrogen-bond donors (Lipinski definition) is 3. The van der Waals surface area contributed by atoms with E-state index in [9.17, 15) is 14.7 Å². The molecule has 3 N–H and O–H groups in total. The van der Waals surface area contributed by atoms with Gasteiger partial charge in [0.1, 0.15) is 18.5 Å². The van der Waals surface area contributed by atoms with Gasteiger partial charge >= 0.3 is 5.69 Å². The molecule has 0 saturated heterocycles. The number of benzene rings is 1. The van der Waals surface area contributed by atoms with Crippen LogP contribution in [0, 0.1) is 5.92 Å². The van der Waals surface area contributed by atoms with Gasteiger partial charge in [-0.3, -0.25) is 14.3 Å². The predicted octanol–water partition coefficient (Wildman–Crippen LogP) is 1.88. The minimum Gasteiger partial charge on any atom is -0.491 e. The number of aromatic amines is 1. The van der Waals surface area contributed by atoms with Crippen molar-refractivity contribution in [2.45, 2.75) is 46.3 Å². The van der Waals surface area contributed by atoms with Crippen molar-refractivity contribution in [1.29, 1.82) is 0 Å². The Balaban J connectivity index is 1.85. The number of hydrogen-bond acceptors (Lipinski definition) is 6. The van der Waals surface area contributed by atoms with Crippen LogP contribution in [0.2, 0.25) is 0 Å². The van der Waals surface area contributed by atoms with Crippen molar-refractivity contribution < 1.29 is 9.84 Å². The summed E-state index contributed by atoms with van der Waals surface area (Å²) in [4.78, 5) is 31.3. The van der Waals surface area contributed by atoms with Gasteiger partial charge in [0.2, 0.25) is 5.95 Å². The summed E-state index contributed by atoms with van der Waals surface area (Å²) in [7, 11) is 1.55. The van der Waals surface area contributed by atoms with Gasteiger partial charge in [-0.25, -0.2) is 4.79 Å². The lowest BCUT2D eigenvalue weighted by Gasteiger charge is -2.16. The number of ether oxygens (including phenoxy) is 1. The minimum atomic E-state index is -0.884. The van der Waals surface area contributed by atoms with Crippen molar-refractivity contribution in [2.24, 2.45) is 13.0 Å². The van der Waals surface area contributed by atoms with Gasteiger partial charge in [-0.2, -0.15) is 4.98 Å². The van der Waals surface area contributed by atoms with Crippen LogP contribution >= 0.6 is 0 Å². The Bertz CT molecular complexity index is 1140. The highest BCUT2D eigenvalue weighted by Crippen LogP contribution is 2.18. The number of rotatable bonds is 10. The molecule has 3 rings (SSSR count). The van der Waals surface area contributed by atoms with Crippen molar-refractivity contribution in [3.05, 3.63) is 50.7 Å². The lowest BCUT2D eigenvalue weighted by Crippen LogP contribution is -2.31. The number of H-pyrrole nitrogens is 1. The third-order valence-corrected chi connectivity index (χ3v) is 5.15. The first-order valence-corrected chi connectivity index (χ1v) is 10.6. The monoisotopic (exact) mass is 429 g/mol. The molecule has 3 aromatic rings. The van der Waals surface area contributed by atoms with Crippen molar-refractivity contribution >= 4 is 17.1 Å². The molecule has 0 aliphatic rings. The van der Waals surface area contributed by atoms with E-state index in [1.807, 2.05) is 24.3 Å². The van der Waals surface area contributed by atoms with E-state index in [2.05, 4.69) is 36.1 Å². The second kappa shape index (κ2) is 9.82. The molecule has 0 aliphatic carbocycles. The molecular formula is C22H31N5O4. The fourth-order valence-corrected chi connectivity index (χ4v) is 3.33. The molecule has 0 amide bonds. The first-order valence-electron chi connectivity index (χ1n) is 10.6. The van der Waals surface area contributed by atoms with Crippen molar-refractivity contribution in [3.8, 4) is 5.75 Å². The summed E-state index contributed by atoms with van der Waals surface area (Å²) >= 11 is 0. The van der Waals surface area contributed by atoms with Crippen molar-refractivity contribution in [1.82, 2.24) is 19.1 Å². The number of aliphatic hydroxyl groups is 1. The van der Waals surface area contributed by atoms with Crippen LogP contribution in [-0.2, 0) is 20.0 Å². The number of aryl methyl sites for hydroxylation is 2. The van der Waals surface area contributed by atoms with Crippen molar-refractivity contribution in [2.75, 3.05) is 18.5 Å². The number of fused-ring (bicyclic) bond motifs is 1. The third-order valence-electron chi connectivity index (χ3n) is 5.15. The van der Waals surface area contributed by atoms with Gasteiger partial charge in [-0.15, -0.1) is 0 Å². The van der Waals surface area contributed by atoms with E-state index >= 15 is 0 Å². The molecule has 2 heterocycles. The fourth-order valence-electron chi connectivity index (χ4n) is 3.33. The van der Waals surface area contributed by atoms with Crippen LogP contribution in [0.4, 0.5) is 5.95 Å². The van der Waals surface area contributed by atoms with E-state index in [1.54, 1.807) is 11.6 Å². The Kier molecular flexibility index (Phi) is 7.17. The molecule has 2 aromatic heterocycles. The second-order valence-electron chi connectivity index (χ2n) is 8.11. The molecule has 0 aliphatic heterocycles. The van der Waals surface area contributed by atoms with Crippen LogP contribution in [-0.4, -0.2) is 43.5 Å². The maximum atomic E-state index is 12.5. The molecule has 1 atom stereocenters. The molecule has 0 bridgehead atoms. The minimum absolute atomic E-state index is 0.0575. The zero-order valence-electron chi connectivity index (χ0n) is 18.5. The van der Waals surface area contributed by atoms with Crippen LogP contribution in [0.25, 0.3) is 11.2 Å². The Labute approximate surface area is 180 Å². The van der Waals surface area contributed by atoms with Gasteiger partial charge in [0.05, 0.1) is 6.54 Å². The standard InChI is InChI=1S/C22H31N5O4/c1-5-15-7-6-8-17(11-15)31-13-16(28)12-27-18-19(26(4)22(30)25-20(18)29)24-21(27)23-10-9-14(2)3/h6-8,11,14,16,28H,5,9-10,12-13H2,1-4H3,(H,23,24)(H,25,29,30)/t16-/m1/s1. The molecule has 0 unspecified atom stereocenters. The smallest absolute Gasteiger partial charge is 0.329 e. The topological polar surface area (TPSA) is 114 Å². The summed E-state index contributed by atoms with van der Waals surface area (Å²) in [5.41, 5.74) is 0.587. The quantitative estimate of drug-likeness (QED) is 0.453. The summed E-state index contributed by atoms with van der Waals surface area (Å²) < 4.78 is 8.66. The summed E-state index contributed by atoms with van der Waals surface area (Å²) in [5.74, 6) is 1.62. The van der Waals surface area contributed by atoms with Crippen LogP contribution in [0.15, 0.2) is 33.9 Å². The van der Waals surface area contributed by atoms with Crippen LogP contribution in [0.1, 0.15) is 32.8 Å². The Morgan fingerprint density at radius 3 is 2.77 bits per heavy atom. The molecule has 1 aromatic carbocycles. The zero-order valence-corrected chi connectivity index (χ0v) is 18.5. The molecule has 0 radical (unpaired) electrons. The molecule has 31 heavy (non-hydrogen) atoms. The largest absolute Gasteiger partial charge is 0.491 e. The maximum Gasteiger partial charge on any atom is 0.329 e. The Morgan fingerprint density at radius 1 is 1.29 bits per heavy atom. The molecule has 0 spiro atoms. The van der Waals surface area contributed by atoms with Crippen LogP contribution in [0.5, 0.6) is 5.75 Å². The highest BCUT2D eigenvalue weighted by atomic mass is 16.5. The van der Waals surface area contributed by atoms with E-state index in [-0.39, 0.29) is 24.3 Å². The average molecular weight is 430 g/mol. The summed E-state index contributed by atoms with van der Waals surface area (Å²) in [6.07, 6.45) is 0.927. The SMILES string of the molecule is CCc1cccc(OC[C@H](O)Cn2c(NCCC(C)C)nc3c2c(=O)[nH]c(=O)n3C)c1. The Hall–Kier alpha value is -3.07. The predicted molar refractivity (Wildman–Crippen MR) is 121 cm³/mol. The number of anilines is 1. The maximum absolute atomic E-state index is 12.5. The normalized spacial score (nSPS) is 12.5.